The van der Waals surface area contributed by atoms with Crippen LogP contribution in [0.4, 0.5) is 15.8 Å². The molecule has 1 aliphatic heterocycles. The summed E-state index contributed by atoms with van der Waals surface area (Å²) in [6.45, 7) is 0. The maximum atomic E-state index is 14.0. The van der Waals surface area contributed by atoms with Crippen molar-refractivity contribution in [3.63, 3.8) is 0 Å². The summed E-state index contributed by atoms with van der Waals surface area (Å²) in [6, 6.07) is 7.57. The minimum absolute atomic E-state index is 0.0391. The number of Topliss-reactive ketones (excluding diaryl/α,β-unsaturated/α-hetero) is 1. The van der Waals surface area contributed by atoms with Gasteiger partial charge in [-0.2, -0.15) is 0 Å². The van der Waals surface area contributed by atoms with E-state index in [4.69, 9.17) is 0 Å². The van der Waals surface area contributed by atoms with Crippen molar-refractivity contribution in [1.82, 2.24) is 0 Å². The first kappa shape index (κ1) is 13.9. The number of amides is 1. The van der Waals surface area contributed by atoms with Crippen LogP contribution in [0.2, 0.25) is 0 Å². The first-order valence-electron chi connectivity index (χ1n) is 6.31. The molecule has 2 aromatic carbocycles. The van der Waals surface area contributed by atoms with Gasteiger partial charge >= 0.3 is 0 Å². The van der Waals surface area contributed by atoms with Gasteiger partial charge in [0.1, 0.15) is 5.82 Å². The lowest BCUT2D eigenvalue weighted by atomic mass is 10.0. The number of nitro benzene ring substituents is 1. The number of carbonyl (C=O) groups excluding carboxylic acids is 2. The van der Waals surface area contributed by atoms with Gasteiger partial charge in [-0.1, -0.05) is 6.07 Å². The van der Waals surface area contributed by atoms with Crippen molar-refractivity contribution in [2.24, 2.45) is 0 Å². The molecule has 0 unspecified atom stereocenters. The highest BCUT2D eigenvalue weighted by Gasteiger charge is 2.33. The van der Waals surface area contributed by atoms with Crippen molar-refractivity contribution in [3.05, 3.63) is 57.9 Å². The molecule has 3 rings (SSSR count). The number of anilines is 1. The van der Waals surface area contributed by atoms with Crippen LogP contribution >= 0.6 is 0 Å². The first-order valence-corrected chi connectivity index (χ1v) is 6.31. The van der Waals surface area contributed by atoms with Gasteiger partial charge in [-0.3, -0.25) is 19.7 Å². The monoisotopic (exact) mass is 300 g/mol. The van der Waals surface area contributed by atoms with Crippen LogP contribution in [-0.2, 0) is 4.79 Å². The van der Waals surface area contributed by atoms with Crippen LogP contribution in [0.3, 0.4) is 0 Å². The van der Waals surface area contributed by atoms with Crippen molar-refractivity contribution in [3.8, 4) is 11.1 Å². The number of benzene rings is 2. The summed E-state index contributed by atoms with van der Waals surface area (Å²) >= 11 is 0. The van der Waals surface area contributed by atoms with E-state index >= 15 is 0 Å². The second-order valence-corrected chi connectivity index (χ2v) is 4.85. The fraction of sp³-hybridized carbons (Fsp3) is 0.0667. The molecule has 0 bridgehead atoms. The Kier molecular flexibility index (Phi) is 2.98. The lowest BCUT2D eigenvalue weighted by molar-refractivity contribution is -0.384. The zero-order chi connectivity index (χ0) is 16.0. The van der Waals surface area contributed by atoms with Crippen LogP contribution in [0, 0.1) is 15.9 Å². The number of hydrogen-bond acceptors (Lipinski definition) is 4. The molecule has 22 heavy (non-hydrogen) atoms. The van der Waals surface area contributed by atoms with Crippen LogP contribution in [0.15, 0.2) is 36.4 Å². The SMILES string of the molecule is CN1C(=O)C(=O)c2ccc(-c3cc([N+](=O)[O-])ccc3F)cc21. The minimum atomic E-state index is -0.660. The van der Waals surface area contributed by atoms with Gasteiger partial charge < -0.3 is 4.90 Å². The smallest absolute Gasteiger partial charge is 0.299 e. The van der Waals surface area contributed by atoms with Gasteiger partial charge in [0.2, 0.25) is 0 Å². The Labute approximate surface area is 123 Å². The zero-order valence-corrected chi connectivity index (χ0v) is 11.4. The topological polar surface area (TPSA) is 80.5 Å². The van der Waals surface area contributed by atoms with E-state index < -0.39 is 22.4 Å². The second kappa shape index (κ2) is 4.73. The number of non-ortho nitro benzene ring substituents is 1. The Morgan fingerprint density at radius 1 is 1.09 bits per heavy atom. The Morgan fingerprint density at radius 3 is 2.50 bits per heavy atom. The molecule has 0 N–H and O–H groups in total. The molecular formula is C15H9FN2O4. The largest absolute Gasteiger partial charge is 0.308 e. The number of rotatable bonds is 2. The molecular weight excluding hydrogens is 291 g/mol. The predicted octanol–water partition coefficient (Wildman–Crippen LogP) is 2.56. The maximum absolute atomic E-state index is 14.0. The third-order valence-electron chi connectivity index (χ3n) is 3.57. The van der Waals surface area contributed by atoms with Gasteiger partial charge in [-0.15, -0.1) is 0 Å². The van der Waals surface area contributed by atoms with Crippen LogP contribution in [0.25, 0.3) is 11.1 Å². The van der Waals surface area contributed by atoms with Crippen LogP contribution in [0.5, 0.6) is 0 Å². The van der Waals surface area contributed by atoms with Crippen molar-refractivity contribution in [1.29, 1.82) is 0 Å². The molecule has 1 heterocycles. The average molecular weight is 300 g/mol. The van der Waals surface area contributed by atoms with Crippen LogP contribution < -0.4 is 4.90 Å². The summed E-state index contributed by atoms with van der Waals surface area (Å²) in [6.07, 6.45) is 0. The summed E-state index contributed by atoms with van der Waals surface area (Å²) in [5.74, 6) is -1.90. The highest BCUT2D eigenvalue weighted by Crippen LogP contribution is 2.34. The van der Waals surface area contributed by atoms with E-state index in [2.05, 4.69) is 0 Å². The molecule has 1 amide bonds. The minimum Gasteiger partial charge on any atom is -0.308 e. The molecule has 7 heteroatoms. The molecule has 0 saturated heterocycles. The van der Waals surface area contributed by atoms with Crippen LogP contribution in [-0.4, -0.2) is 23.7 Å². The lowest BCUT2D eigenvalue weighted by Gasteiger charge is -2.11. The summed E-state index contributed by atoms with van der Waals surface area (Å²) in [5.41, 5.74) is 0.754. The number of hydrogen-bond donors (Lipinski definition) is 0. The summed E-state index contributed by atoms with van der Waals surface area (Å²) in [5, 5.41) is 10.8. The fourth-order valence-corrected chi connectivity index (χ4v) is 2.39. The standard InChI is InChI=1S/C15H9FN2O4/c1-17-13-6-8(2-4-10(13)14(19)15(17)20)11-7-9(18(21)22)3-5-12(11)16/h2-7H,1H3. The summed E-state index contributed by atoms with van der Waals surface area (Å²) in [4.78, 5) is 34.7. The predicted molar refractivity (Wildman–Crippen MR) is 76.2 cm³/mol. The van der Waals surface area contributed by atoms with Gasteiger partial charge in [-0.05, 0) is 23.8 Å². The van der Waals surface area contributed by atoms with Gasteiger partial charge in [0.25, 0.3) is 17.4 Å². The van der Waals surface area contributed by atoms with Crippen molar-refractivity contribution in [2.75, 3.05) is 11.9 Å². The number of halogens is 1. The first-order chi connectivity index (χ1) is 10.4. The second-order valence-electron chi connectivity index (χ2n) is 4.85. The van der Waals surface area contributed by atoms with E-state index in [-0.39, 0.29) is 16.8 Å². The molecule has 2 aromatic rings. The number of carbonyl (C=O) groups is 2. The molecule has 0 saturated carbocycles. The molecule has 0 fully saturated rings. The average Bonchev–Trinajstić information content (AvgIpc) is 2.72. The molecule has 0 aliphatic carbocycles. The quantitative estimate of drug-likeness (QED) is 0.485. The van der Waals surface area contributed by atoms with Crippen LogP contribution in [0.1, 0.15) is 10.4 Å². The molecule has 0 radical (unpaired) electrons. The number of nitrogens with zero attached hydrogens (tertiary/aromatic N) is 2. The number of likely N-dealkylation sites (N-methyl/N-ethyl adjacent to an activating group) is 1. The molecule has 0 atom stereocenters. The summed E-state index contributed by atoms with van der Waals surface area (Å²) < 4.78 is 14.0. The molecule has 0 aromatic heterocycles. The van der Waals surface area contributed by atoms with Crippen molar-refractivity contribution >= 4 is 23.1 Å². The van der Waals surface area contributed by atoms with E-state index in [0.717, 1.165) is 18.2 Å². The lowest BCUT2D eigenvalue weighted by Crippen LogP contribution is -2.24. The number of fused-ring (bicyclic) bond motifs is 1. The van der Waals surface area contributed by atoms with E-state index in [0.29, 0.717) is 11.3 Å². The molecule has 0 spiro atoms. The van der Waals surface area contributed by atoms with E-state index in [1.165, 1.54) is 30.1 Å². The Morgan fingerprint density at radius 2 is 1.82 bits per heavy atom. The van der Waals surface area contributed by atoms with Crippen molar-refractivity contribution < 1.29 is 18.9 Å². The summed E-state index contributed by atoms with van der Waals surface area (Å²) in [7, 11) is 1.44. The van der Waals surface area contributed by atoms with E-state index in [9.17, 15) is 24.1 Å². The normalized spacial score (nSPS) is 13.5. The Bertz CT molecular complexity index is 847. The highest BCUT2D eigenvalue weighted by atomic mass is 19.1. The Balaban J connectivity index is 2.16. The molecule has 110 valence electrons. The fourth-order valence-electron chi connectivity index (χ4n) is 2.39. The van der Waals surface area contributed by atoms with Gasteiger partial charge in [0.15, 0.2) is 0 Å². The molecule has 6 nitrogen and oxygen atoms in total. The zero-order valence-electron chi connectivity index (χ0n) is 11.4. The van der Waals surface area contributed by atoms with Gasteiger partial charge in [0, 0.05) is 24.7 Å². The third kappa shape index (κ3) is 1.95. The van der Waals surface area contributed by atoms with Gasteiger partial charge in [0.05, 0.1) is 16.2 Å². The van der Waals surface area contributed by atoms with Crippen molar-refractivity contribution in [2.45, 2.75) is 0 Å². The number of nitro groups is 1. The highest BCUT2D eigenvalue weighted by molar-refractivity contribution is 6.52. The molecule has 1 aliphatic rings. The van der Waals surface area contributed by atoms with Gasteiger partial charge in [-0.25, -0.2) is 4.39 Å². The number of ketones is 1. The Hall–Kier alpha value is -3.09. The third-order valence-corrected chi connectivity index (χ3v) is 3.57. The maximum Gasteiger partial charge on any atom is 0.299 e. The van der Waals surface area contributed by atoms with E-state index in [1.54, 1.807) is 0 Å². The van der Waals surface area contributed by atoms with E-state index in [1.807, 2.05) is 0 Å².